The van der Waals surface area contributed by atoms with Crippen molar-refractivity contribution in [2.75, 3.05) is 13.7 Å². The van der Waals surface area contributed by atoms with E-state index in [4.69, 9.17) is 15.9 Å². The number of nitrogens with zero attached hydrogens (tertiary/aromatic N) is 1. The van der Waals surface area contributed by atoms with E-state index in [9.17, 15) is 4.79 Å². The number of benzene rings is 3. The number of carbonyl (C=O) groups is 1. The molecule has 0 unspecified atom stereocenters. The summed E-state index contributed by atoms with van der Waals surface area (Å²) in [7, 11) is 1.51. The van der Waals surface area contributed by atoms with E-state index in [0.717, 1.165) is 20.8 Å². The minimum absolute atomic E-state index is 0.140. The fourth-order valence-electron chi connectivity index (χ4n) is 2.73. The Balaban J connectivity index is 1.90. The van der Waals surface area contributed by atoms with Crippen LogP contribution in [-0.2, 0) is 0 Å². The molecule has 5 nitrogen and oxygen atoms in total. The third kappa shape index (κ3) is 4.33. The van der Waals surface area contributed by atoms with E-state index in [0.29, 0.717) is 17.1 Å². The van der Waals surface area contributed by atoms with E-state index < -0.39 is 0 Å². The van der Waals surface area contributed by atoms with Crippen LogP contribution in [0.25, 0.3) is 10.8 Å². The number of halogens is 1. The lowest BCUT2D eigenvalue weighted by atomic mass is 10.0. The number of amides is 1. The van der Waals surface area contributed by atoms with Crippen LogP contribution >= 0.6 is 15.9 Å². The number of rotatable bonds is 6. The molecule has 0 heterocycles. The summed E-state index contributed by atoms with van der Waals surface area (Å²) in [4.78, 5) is 12.5. The molecule has 0 aliphatic carbocycles. The second-order valence-electron chi connectivity index (χ2n) is 5.74. The highest BCUT2D eigenvalue weighted by Crippen LogP contribution is 2.27. The highest BCUT2D eigenvalue weighted by Gasteiger charge is 2.12. The van der Waals surface area contributed by atoms with Crippen LogP contribution in [0.3, 0.4) is 0 Å². The fourth-order valence-corrected chi connectivity index (χ4v) is 3.09. The molecule has 140 valence electrons. The molecule has 0 atom stereocenters. The highest BCUT2D eigenvalue weighted by molar-refractivity contribution is 9.10. The lowest BCUT2D eigenvalue weighted by Crippen LogP contribution is -2.18. The SMILES string of the molecule is C#CCOc1ccc2ccccc2c1/C=N\NC(=O)c1cc(Br)ccc1OC. The molecule has 0 fully saturated rings. The van der Waals surface area contributed by atoms with Gasteiger partial charge in [0.05, 0.1) is 18.9 Å². The van der Waals surface area contributed by atoms with Crippen LogP contribution < -0.4 is 14.9 Å². The van der Waals surface area contributed by atoms with Crippen molar-refractivity contribution < 1.29 is 14.3 Å². The molecule has 0 aliphatic heterocycles. The molecule has 3 rings (SSSR count). The third-order valence-electron chi connectivity index (χ3n) is 4.01. The van der Waals surface area contributed by atoms with Crippen molar-refractivity contribution in [1.82, 2.24) is 5.43 Å². The van der Waals surface area contributed by atoms with Gasteiger partial charge in [-0.25, -0.2) is 5.43 Å². The van der Waals surface area contributed by atoms with E-state index in [2.05, 4.69) is 32.4 Å². The van der Waals surface area contributed by atoms with Crippen molar-refractivity contribution in [2.24, 2.45) is 5.10 Å². The molecule has 3 aromatic carbocycles. The topological polar surface area (TPSA) is 59.9 Å². The predicted molar refractivity (Wildman–Crippen MR) is 114 cm³/mol. The molecule has 6 heteroatoms. The number of terminal acetylenes is 1. The summed E-state index contributed by atoms with van der Waals surface area (Å²) in [5.74, 6) is 3.11. The molecule has 0 aliphatic rings. The summed E-state index contributed by atoms with van der Waals surface area (Å²) in [6.45, 7) is 0.140. The second kappa shape index (κ2) is 9.07. The number of methoxy groups -OCH3 is 1. The Morgan fingerprint density at radius 3 is 2.79 bits per heavy atom. The van der Waals surface area contributed by atoms with Gasteiger partial charge in [-0.3, -0.25) is 4.79 Å². The molecule has 28 heavy (non-hydrogen) atoms. The molecule has 0 spiro atoms. The van der Waals surface area contributed by atoms with Gasteiger partial charge < -0.3 is 9.47 Å². The summed E-state index contributed by atoms with van der Waals surface area (Å²) >= 11 is 3.35. The fraction of sp³-hybridized carbons (Fsp3) is 0.0909. The maximum atomic E-state index is 12.5. The largest absolute Gasteiger partial charge is 0.496 e. The lowest BCUT2D eigenvalue weighted by molar-refractivity contribution is 0.0952. The van der Waals surface area contributed by atoms with Crippen molar-refractivity contribution in [1.29, 1.82) is 0 Å². The Bertz CT molecular complexity index is 1090. The molecular formula is C22H17BrN2O3. The van der Waals surface area contributed by atoms with Gasteiger partial charge >= 0.3 is 0 Å². The molecule has 0 bridgehead atoms. The van der Waals surface area contributed by atoms with Crippen LogP contribution in [0.2, 0.25) is 0 Å². The zero-order valence-corrected chi connectivity index (χ0v) is 16.7. The van der Waals surface area contributed by atoms with Gasteiger partial charge in [0.1, 0.15) is 18.1 Å². The van der Waals surface area contributed by atoms with E-state index in [1.807, 2.05) is 36.4 Å². The van der Waals surface area contributed by atoms with Crippen molar-refractivity contribution in [3.63, 3.8) is 0 Å². The average Bonchev–Trinajstić information content (AvgIpc) is 2.72. The molecule has 0 saturated heterocycles. The summed E-state index contributed by atoms with van der Waals surface area (Å²) in [6, 6.07) is 16.8. The first-order chi connectivity index (χ1) is 13.6. The van der Waals surface area contributed by atoms with Crippen LogP contribution in [0.1, 0.15) is 15.9 Å². The van der Waals surface area contributed by atoms with Gasteiger partial charge in [-0.1, -0.05) is 52.2 Å². The van der Waals surface area contributed by atoms with Crippen molar-refractivity contribution >= 4 is 38.8 Å². The second-order valence-corrected chi connectivity index (χ2v) is 6.65. The summed E-state index contributed by atoms with van der Waals surface area (Å²) in [5.41, 5.74) is 3.63. The highest BCUT2D eigenvalue weighted by atomic mass is 79.9. The van der Waals surface area contributed by atoms with Crippen LogP contribution in [0.4, 0.5) is 0 Å². The maximum Gasteiger partial charge on any atom is 0.275 e. The molecule has 3 aromatic rings. The summed E-state index contributed by atoms with van der Waals surface area (Å²) in [5, 5.41) is 6.08. The van der Waals surface area contributed by atoms with E-state index in [1.54, 1.807) is 24.4 Å². The Labute approximate surface area is 171 Å². The van der Waals surface area contributed by atoms with Crippen LogP contribution in [0.5, 0.6) is 11.5 Å². The number of nitrogens with one attached hydrogen (secondary N) is 1. The Morgan fingerprint density at radius 1 is 1.21 bits per heavy atom. The maximum absolute atomic E-state index is 12.5. The van der Waals surface area contributed by atoms with Gasteiger partial charge in [0.15, 0.2) is 0 Å². The Kier molecular flexibility index (Phi) is 6.30. The number of ether oxygens (including phenoxy) is 2. The standard InChI is InChI=1S/C22H17BrN2O3/c1-3-12-28-21-10-8-15-6-4-5-7-17(15)19(21)14-24-25-22(26)18-13-16(23)9-11-20(18)27-2/h1,4-11,13-14H,12H2,2H3,(H,25,26)/b24-14-. The zero-order valence-electron chi connectivity index (χ0n) is 15.1. The molecule has 0 radical (unpaired) electrons. The lowest BCUT2D eigenvalue weighted by Gasteiger charge is -2.10. The van der Waals surface area contributed by atoms with E-state index >= 15 is 0 Å². The quantitative estimate of drug-likeness (QED) is 0.354. The summed E-state index contributed by atoms with van der Waals surface area (Å²) in [6.07, 6.45) is 6.85. The number of hydrogen-bond donors (Lipinski definition) is 1. The van der Waals surface area contributed by atoms with Crippen molar-refractivity contribution in [3.8, 4) is 23.8 Å². The third-order valence-corrected chi connectivity index (χ3v) is 4.50. The van der Waals surface area contributed by atoms with Gasteiger partial charge in [0.2, 0.25) is 0 Å². The molecule has 0 aromatic heterocycles. The van der Waals surface area contributed by atoms with Crippen LogP contribution in [0.15, 0.2) is 64.2 Å². The Hall–Kier alpha value is -3.30. The molecular weight excluding hydrogens is 420 g/mol. The number of carbonyl (C=O) groups excluding carboxylic acids is 1. The molecule has 1 amide bonds. The van der Waals surface area contributed by atoms with Gasteiger partial charge in [-0.05, 0) is 35.0 Å². The number of fused-ring (bicyclic) bond motifs is 1. The van der Waals surface area contributed by atoms with E-state index in [-0.39, 0.29) is 12.5 Å². The first kappa shape index (κ1) is 19.5. The van der Waals surface area contributed by atoms with Gasteiger partial charge in [0.25, 0.3) is 5.91 Å². The zero-order chi connectivity index (χ0) is 19.9. The molecule has 1 N–H and O–H groups in total. The molecule has 0 saturated carbocycles. The first-order valence-electron chi connectivity index (χ1n) is 8.39. The van der Waals surface area contributed by atoms with Gasteiger partial charge in [-0.15, -0.1) is 6.42 Å². The van der Waals surface area contributed by atoms with Gasteiger partial charge in [-0.2, -0.15) is 5.10 Å². The average molecular weight is 437 g/mol. The van der Waals surface area contributed by atoms with Crippen LogP contribution in [-0.4, -0.2) is 25.8 Å². The summed E-state index contributed by atoms with van der Waals surface area (Å²) < 4.78 is 11.6. The minimum Gasteiger partial charge on any atom is -0.496 e. The Morgan fingerprint density at radius 2 is 2.00 bits per heavy atom. The minimum atomic E-state index is -0.388. The van der Waals surface area contributed by atoms with Crippen molar-refractivity contribution in [3.05, 3.63) is 70.2 Å². The normalized spacial score (nSPS) is 10.6. The smallest absolute Gasteiger partial charge is 0.275 e. The monoisotopic (exact) mass is 436 g/mol. The predicted octanol–water partition coefficient (Wildman–Crippen LogP) is 4.39. The van der Waals surface area contributed by atoms with Crippen LogP contribution in [0, 0.1) is 12.3 Å². The number of hydrazone groups is 1. The first-order valence-corrected chi connectivity index (χ1v) is 9.18. The van der Waals surface area contributed by atoms with E-state index in [1.165, 1.54) is 7.11 Å². The number of hydrogen-bond acceptors (Lipinski definition) is 4. The van der Waals surface area contributed by atoms with Crippen molar-refractivity contribution in [2.45, 2.75) is 0 Å². The van der Waals surface area contributed by atoms with Gasteiger partial charge in [0, 0.05) is 10.0 Å².